The number of fused-ring (bicyclic) bond motifs is 1. The summed E-state index contributed by atoms with van der Waals surface area (Å²) >= 11 is 0. The molecular formula is C24H23N5O3. The average Bonchev–Trinajstić information content (AvgIpc) is 3.23. The smallest absolute Gasteiger partial charge is 0.319 e. The van der Waals surface area contributed by atoms with Crippen LogP contribution in [0.5, 0.6) is 5.75 Å². The fourth-order valence-corrected chi connectivity index (χ4v) is 3.22. The molecule has 0 unspecified atom stereocenters. The minimum Gasteiger partial charge on any atom is -0.497 e. The van der Waals surface area contributed by atoms with Gasteiger partial charge in [0.2, 0.25) is 0 Å². The van der Waals surface area contributed by atoms with Gasteiger partial charge in [-0.3, -0.25) is 4.79 Å². The van der Waals surface area contributed by atoms with E-state index < -0.39 is 0 Å². The maximum absolute atomic E-state index is 12.6. The molecule has 0 saturated carbocycles. The van der Waals surface area contributed by atoms with Gasteiger partial charge in [-0.05, 0) is 73.7 Å². The molecule has 0 bridgehead atoms. The van der Waals surface area contributed by atoms with E-state index in [1.165, 1.54) is 0 Å². The fourth-order valence-electron chi connectivity index (χ4n) is 3.22. The zero-order valence-corrected chi connectivity index (χ0v) is 17.7. The van der Waals surface area contributed by atoms with Crippen molar-refractivity contribution in [2.75, 3.05) is 24.3 Å². The highest BCUT2D eigenvalue weighted by Gasteiger charge is 2.10. The van der Waals surface area contributed by atoms with E-state index in [-0.39, 0.29) is 11.9 Å². The summed E-state index contributed by atoms with van der Waals surface area (Å²) in [5, 5.41) is 8.25. The van der Waals surface area contributed by atoms with E-state index in [1.54, 1.807) is 31.4 Å². The second-order valence-corrected chi connectivity index (χ2v) is 7.06. The molecule has 8 heteroatoms. The Morgan fingerprint density at radius 1 is 0.938 bits per heavy atom. The summed E-state index contributed by atoms with van der Waals surface area (Å²) in [4.78, 5) is 32.1. The van der Waals surface area contributed by atoms with Crippen LogP contribution in [0.4, 0.5) is 16.2 Å². The van der Waals surface area contributed by atoms with Crippen LogP contribution in [0.2, 0.25) is 0 Å². The molecular weight excluding hydrogens is 406 g/mol. The number of imidazole rings is 1. The first-order valence-corrected chi connectivity index (χ1v) is 10.2. The van der Waals surface area contributed by atoms with Crippen LogP contribution < -0.4 is 20.7 Å². The maximum atomic E-state index is 12.6. The Labute approximate surface area is 185 Å². The molecule has 1 aromatic heterocycles. The minimum absolute atomic E-state index is 0.246. The summed E-state index contributed by atoms with van der Waals surface area (Å²) in [6, 6.07) is 19.5. The van der Waals surface area contributed by atoms with E-state index in [2.05, 4.69) is 25.9 Å². The highest BCUT2D eigenvalue weighted by atomic mass is 16.5. The summed E-state index contributed by atoms with van der Waals surface area (Å²) < 4.78 is 5.19. The first-order chi connectivity index (χ1) is 15.6. The molecule has 0 saturated heterocycles. The molecule has 1 heterocycles. The third-order valence-electron chi connectivity index (χ3n) is 4.85. The number of carbonyl (C=O) groups excluding carboxylic acids is 2. The van der Waals surface area contributed by atoms with Gasteiger partial charge in [0, 0.05) is 29.0 Å². The van der Waals surface area contributed by atoms with Crippen LogP contribution in [-0.4, -0.2) is 35.6 Å². The van der Waals surface area contributed by atoms with Crippen LogP contribution in [0.15, 0.2) is 66.7 Å². The number of hydrogen-bond acceptors (Lipinski definition) is 4. The van der Waals surface area contributed by atoms with Crippen molar-refractivity contribution in [3.63, 3.8) is 0 Å². The highest BCUT2D eigenvalue weighted by molar-refractivity contribution is 6.05. The Balaban J connectivity index is 1.46. The number of anilines is 2. The summed E-state index contributed by atoms with van der Waals surface area (Å²) in [5.74, 6) is 1.27. The third-order valence-corrected chi connectivity index (χ3v) is 4.85. The number of amides is 3. The lowest BCUT2D eigenvalue weighted by Crippen LogP contribution is -2.28. The quantitative estimate of drug-likeness (QED) is 0.358. The summed E-state index contributed by atoms with van der Waals surface area (Å²) in [6.45, 7) is 2.38. The number of nitrogens with zero attached hydrogens (tertiary/aromatic N) is 1. The summed E-state index contributed by atoms with van der Waals surface area (Å²) in [6.07, 6.45) is 0. The van der Waals surface area contributed by atoms with Gasteiger partial charge < -0.3 is 25.7 Å². The summed E-state index contributed by atoms with van der Waals surface area (Å²) in [7, 11) is 1.63. The van der Waals surface area contributed by atoms with Crippen LogP contribution in [0.3, 0.4) is 0 Å². The molecule has 0 atom stereocenters. The Morgan fingerprint density at radius 3 is 2.34 bits per heavy atom. The number of aromatic amines is 1. The van der Waals surface area contributed by atoms with Gasteiger partial charge in [0.15, 0.2) is 0 Å². The standard InChI is InChI=1S/C24H23N5O3/c1-3-25-24(31)27-17-8-4-16(5-9-17)23(30)26-18-10-13-20-21(14-18)29-22(28-20)15-6-11-19(32-2)12-7-15/h4-14H,3H2,1-2H3,(H,26,30)(H,28,29)(H2,25,27,31). The van der Waals surface area contributed by atoms with Crippen molar-refractivity contribution in [1.82, 2.24) is 15.3 Å². The molecule has 162 valence electrons. The zero-order chi connectivity index (χ0) is 22.5. The maximum Gasteiger partial charge on any atom is 0.319 e. The number of methoxy groups -OCH3 is 1. The number of ether oxygens (including phenoxy) is 1. The predicted octanol–water partition coefficient (Wildman–Crippen LogP) is 4.63. The van der Waals surface area contributed by atoms with Crippen molar-refractivity contribution >= 4 is 34.3 Å². The molecule has 32 heavy (non-hydrogen) atoms. The molecule has 0 spiro atoms. The first kappa shape index (κ1) is 20.9. The van der Waals surface area contributed by atoms with E-state index in [0.717, 1.165) is 28.2 Å². The molecule has 0 radical (unpaired) electrons. The molecule has 0 aliphatic rings. The Kier molecular flexibility index (Phi) is 6.03. The Hall–Kier alpha value is -4.33. The topological polar surface area (TPSA) is 108 Å². The number of H-pyrrole nitrogens is 1. The fraction of sp³-hybridized carbons (Fsp3) is 0.125. The van der Waals surface area contributed by atoms with Crippen molar-refractivity contribution in [2.24, 2.45) is 0 Å². The van der Waals surface area contributed by atoms with Crippen molar-refractivity contribution in [2.45, 2.75) is 6.92 Å². The van der Waals surface area contributed by atoms with Crippen LogP contribution in [0, 0.1) is 0 Å². The van der Waals surface area contributed by atoms with Gasteiger partial charge in [0.05, 0.1) is 18.1 Å². The second kappa shape index (κ2) is 9.22. The highest BCUT2D eigenvalue weighted by Crippen LogP contribution is 2.25. The van der Waals surface area contributed by atoms with Gasteiger partial charge in [-0.25, -0.2) is 9.78 Å². The molecule has 0 aliphatic heterocycles. The van der Waals surface area contributed by atoms with E-state index in [9.17, 15) is 9.59 Å². The van der Waals surface area contributed by atoms with Gasteiger partial charge in [-0.2, -0.15) is 0 Å². The van der Waals surface area contributed by atoms with Gasteiger partial charge in [0.25, 0.3) is 5.91 Å². The minimum atomic E-state index is -0.286. The number of aromatic nitrogens is 2. The molecule has 0 fully saturated rings. The molecule has 4 N–H and O–H groups in total. The summed E-state index contributed by atoms with van der Waals surface area (Å²) in [5.41, 5.74) is 4.29. The van der Waals surface area contributed by atoms with Crippen LogP contribution >= 0.6 is 0 Å². The van der Waals surface area contributed by atoms with Gasteiger partial charge in [-0.1, -0.05) is 0 Å². The van der Waals surface area contributed by atoms with E-state index in [4.69, 9.17) is 4.74 Å². The number of carbonyl (C=O) groups is 2. The average molecular weight is 429 g/mol. The predicted molar refractivity (Wildman–Crippen MR) is 125 cm³/mol. The van der Waals surface area contributed by atoms with Gasteiger partial charge >= 0.3 is 6.03 Å². The van der Waals surface area contributed by atoms with Crippen LogP contribution in [0.25, 0.3) is 22.4 Å². The Morgan fingerprint density at radius 2 is 1.66 bits per heavy atom. The second-order valence-electron chi connectivity index (χ2n) is 7.06. The lowest BCUT2D eigenvalue weighted by atomic mass is 10.2. The number of nitrogens with one attached hydrogen (secondary N) is 4. The van der Waals surface area contributed by atoms with E-state index in [0.29, 0.717) is 23.5 Å². The van der Waals surface area contributed by atoms with Crippen molar-refractivity contribution in [3.8, 4) is 17.1 Å². The number of hydrogen-bond donors (Lipinski definition) is 4. The van der Waals surface area contributed by atoms with Crippen LogP contribution in [-0.2, 0) is 0 Å². The molecule has 8 nitrogen and oxygen atoms in total. The molecule has 3 aromatic carbocycles. The molecule has 0 aliphatic carbocycles. The molecule has 4 aromatic rings. The van der Waals surface area contributed by atoms with Crippen molar-refractivity contribution in [3.05, 3.63) is 72.3 Å². The lowest BCUT2D eigenvalue weighted by Gasteiger charge is -2.08. The normalized spacial score (nSPS) is 10.6. The van der Waals surface area contributed by atoms with E-state index in [1.807, 2.05) is 49.4 Å². The zero-order valence-electron chi connectivity index (χ0n) is 17.7. The Bertz CT molecular complexity index is 1250. The monoisotopic (exact) mass is 429 g/mol. The SMILES string of the molecule is CCNC(=O)Nc1ccc(C(=O)Nc2ccc3nc(-c4ccc(OC)cc4)[nH]c3c2)cc1. The lowest BCUT2D eigenvalue weighted by molar-refractivity contribution is 0.102. The number of rotatable bonds is 6. The van der Waals surface area contributed by atoms with Crippen molar-refractivity contribution < 1.29 is 14.3 Å². The largest absolute Gasteiger partial charge is 0.497 e. The molecule has 3 amide bonds. The van der Waals surface area contributed by atoms with Gasteiger partial charge in [0.1, 0.15) is 11.6 Å². The van der Waals surface area contributed by atoms with Crippen molar-refractivity contribution in [1.29, 1.82) is 0 Å². The first-order valence-electron chi connectivity index (χ1n) is 10.2. The van der Waals surface area contributed by atoms with Crippen LogP contribution in [0.1, 0.15) is 17.3 Å². The third kappa shape index (κ3) is 4.70. The number of benzene rings is 3. The number of urea groups is 1. The van der Waals surface area contributed by atoms with E-state index >= 15 is 0 Å². The molecule has 4 rings (SSSR count). The van der Waals surface area contributed by atoms with Gasteiger partial charge in [-0.15, -0.1) is 0 Å².